The highest BCUT2D eigenvalue weighted by Crippen LogP contribution is 2.54. The van der Waals surface area contributed by atoms with Gasteiger partial charge in [0.05, 0.1) is 0 Å². The van der Waals surface area contributed by atoms with Crippen molar-refractivity contribution in [1.29, 1.82) is 0 Å². The second-order valence-electron chi connectivity index (χ2n) is 4.76. The average Bonchev–Trinajstić information content (AvgIpc) is 2.37. The first kappa shape index (κ1) is 16.6. The summed E-state index contributed by atoms with van der Waals surface area (Å²) in [4.78, 5) is 0. The fourth-order valence-electron chi connectivity index (χ4n) is 1.53. The van der Waals surface area contributed by atoms with Crippen LogP contribution < -0.4 is 0 Å². The molecule has 112 valence electrons. The summed E-state index contributed by atoms with van der Waals surface area (Å²) < 4.78 is 77.3. The molecule has 0 heterocycles. The van der Waals surface area contributed by atoms with Crippen molar-refractivity contribution in [1.82, 2.24) is 0 Å². The molecule has 0 fully saturated rings. The fourth-order valence-corrected chi connectivity index (χ4v) is 1.53. The molecule has 1 aliphatic carbocycles. The van der Waals surface area contributed by atoms with Crippen LogP contribution in [-0.4, -0.2) is 23.2 Å². The van der Waals surface area contributed by atoms with Gasteiger partial charge in [-0.3, -0.25) is 0 Å². The molecule has 0 aromatic heterocycles. The molecule has 0 bridgehead atoms. The van der Waals surface area contributed by atoms with E-state index in [1.807, 2.05) is 36.4 Å². The first-order valence-corrected chi connectivity index (χ1v) is 5.79. The van der Waals surface area contributed by atoms with Gasteiger partial charge in [-0.2, -0.15) is 17.6 Å². The zero-order valence-corrected chi connectivity index (χ0v) is 10.9. The smallest absolute Gasteiger partial charge is 0.236 e. The number of hydrogen-bond donors (Lipinski definition) is 0. The summed E-state index contributed by atoms with van der Waals surface area (Å²) in [6, 6.07) is 12.0. The van der Waals surface area contributed by atoms with Crippen molar-refractivity contribution in [3.8, 4) is 0 Å². The summed E-state index contributed by atoms with van der Waals surface area (Å²) in [5.41, 5.74) is -7.05. The first-order chi connectivity index (χ1) is 8.96. The normalized spacial score (nSPS) is 34.0. The molecule has 2 atom stereocenters. The van der Waals surface area contributed by atoms with Crippen molar-refractivity contribution in [3.05, 3.63) is 48.6 Å². The second-order valence-corrected chi connectivity index (χ2v) is 4.76. The van der Waals surface area contributed by atoms with Crippen molar-refractivity contribution >= 4 is 0 Å². The van der Waals surface area contributed by atoms with Crippen LogP contribution in [0.25, 0.3) is 0 Å². The molecule has 0 nitrogen and oxygen atoms in total. The average molecular weight is 296 g/mol. The summed E-state index contributed by atoms with van der Waals surface area (Å²) in [6.07, 6.45) is -0.168. The topological polar surface area (TPSA) is 0 Å². The van der Waals surface area contributed by atoms with Crippen molar-refractivity contribution in [2.75, 3.05) is 0 Å². The van der Waals surface area contributed by atoms with E-state index in [1.54, 1.807) is 0 Å². The van der Waals surface area contributed by atoms with Crippen LogP contribution >= 0.6 is 0 Å². The Balaban J connectivity index is 0.000000276. The summed E-state index contributed by atoms with van der Waals surface area (Å²) >= 11 is 0. The minimum absolute atomic E-state index is 0.129. The molecule has 2 unspecified atom stereocenters. The molecule has 2 rings (SSSR count). The SMILES string of the molecule is CC1(F)C=CC(F)(F)C(F)(F)C1(C)F.c1ccccc1. The summed E-state index contributed by atoms with van der Waals surface area (Å²) in [7, 11) is 0. The highest BCUT2D eigenvalue weighted by atomic mass is 19.3. The van der Waals surface area contributed by atoms with Crippen LogP contribution in [0.2, 0.25) is 0 Å². The number of halogens is 6. The lowest BCUT2D eigenvalue weighted by atomic mass is 9.76. The fraction of sp³-hybridized carbons (Fsp3) is 0.429. The minimum Gasteiger partial charge on any atom is -0.236 e. The quantitative estimate of drug-likeness (QED) is 0.468. The molecule has 0 radical (unpaired) electrons. The molecular weight excluding hydrogens is 282 g/mol. The number of rotatable bonds is 0. The highest BCUT2D eigenvalue weighted by molar-refractivity contribution is 5.27. The number of benzene rings is 1. The zero-order valence-electron chi connectivity index (χ0n) is 10.9. The molecule has 0 saturated heterocycles. The molecule has 1 aromatic carbocycles. The van der Waals surface area contributed by atoms with E-state index in [9.17, 15) is 26.3 Å². The predicted octanol–water partition coefficient (Wildman–Crippen LogP) is 4.97. The van der Waals surface area contributed by atoms with Gasteiger partial charge in [0.25, 0.3) is 0 Å². The standard InChI is InChI=1S/C8H8F6.C6H6/c1-5(9)3-4-7(11,12)8(13,14)6(5,2)10;1-2-4-6-5-3-1/h3-4H,1-2H3;1-6H. The Labute approximate surface area is 113 Å². The summed E-state index contributed by atoms with van der Waals surface area (Å²) in [6.45, 7) is 0.622. The monoisotopic (exact) mass is 296 g/mol. The van der Waals surface area contributed by atoms with Gasteiger partial charge in [0.1, 0.15) is 0 Å². The minimum atomic E-state index is -5.06. The molecule has 6 heteroatoms. The van der Waals surface area contributed by atoms with Crippen LogP contribution in [0.3, 0.4) is 0 Å². The van der Waals surface area contributed by atoms with E-state index in [4.69, 9.17) is 0 Å². The molecule has 0 amide bonds. The van der Waals surface area contributed by atoms with Gasteiger partial charge in [0.2, 0.25) is 5.67 Å². The van der Waals surface area contributed by atoms with Gasteiger partial charge in [0, 0.05) is 0 Å². The molecule has 1 aromatic rings. The predicted molar refractivity (Wildman–Crippen MR) is 64.5 cm³/mol. The van der Waals surface area contributed by atoms with Gasteiger partial charge in [-0.1, -0.05) is 36.4 Å². The maximum Gasteiger partial charge on any atom is 0.350 e. The van der Waals surface area contributed by atoms with E-state index in [0.29, 0.717) is 6.92 Å². The van der Waals surface area contributed by atoms with Crippen LogP contribution in [0.1, 0.15) is 13.8 Å². The lowest BCUT2D eigenvalue weighted by Gasteiger charge is -2.43. The molecule has 20 heavy (non-hydrogen) atoms. The van der Waals surface area contributed by atoms with Crippen LogP contribution in [0.15, 0.2) is 48.6 Å². The molecule has 0 saturated carbocycles. The summed E-state index contributed by atoms with van der Waals surface area (Å²) in [5, 5.41) is 0. The Morgan fingerprint density at radius 1 is 0.600 bits per heavy atom. The maximum atomic E-state index is 13.3. The van der Waals surface area contributed by atoms with Crippen molar-refractivity contribution in [3.63, 3.8) is 0 Å². The van der Waals surface area contributed by atoms with E-state index in [-0.39, 0.29) is 19.1 Å². The van der Waals surface area contributed by atoms with Crippen LogP contribution in [-0.2, 0) is 0 Å². The van der Waals surface area contributed by atoms with E-state index in [1.165, 1.54) is 0 Å². The molecular formula is C14H14F6. The Kier molecular flexibility index (Phi) is 4.27. The number of allylic oxidation sites excluding steroid dienone is 2. The van der Waals surface area contributed by atoms with Gasteiger partial charge in [-0.05, 0) is 26.0 Å². The Bertz CT molecular complexity index is 407. The Morgan fingerprint density at radius 2 is 0.950 bits per heavy atom. The van der Waals surface area contributed by atoms with Gasteiger partial charge in [-0.25, -0.2) is 8.78 Å². The van der Waals surface area contributed by atoms with E-state index < -0.39 is 23.2 Å². The van der Waals surface area contributed by atoms with Crippen molar-refractivity contribution < 1.29 is 26.3 Å². The molecule has 0 spiro atoms. The molecule has 0 N–H and O–H groups in total. The third-order valence-electron chi connectivity index (χ3n) is 3.20. The Hall–Kier alpha value is -1.46. The third kappa shape index (κ3) is 2.69. The van der Waals surface area contributed by atoms with E-state index in [0.717, 1.165) is 0 Å². The van der Waals surface area contributed by atoms with Crippen LogP contribution in [0, 0.1) is 0 Å². The van der Waals surface area contributed by atoms with Crippen molar-refractivity contribution in [2.45, 2.75) is 37.0 Å². The molecule has 1 aliphatic rings. The summed E-state index contributed by atoms with van der Waals surface area (Å²) in [5.74, 6) is -9.72. The molecule has 0 aliphatic heterocycles. The lowest BCUT2D eigenvalue weighted by Crippen LogP contribution is -2.64. The lowest BCUT2D eigenvalue weighted by molar-refractivity contribution is -0.277. The highest BCUT2D eigenvalue weighted by Gasteiger charge is 2.75. The zero-order chi connectivity index (χ0) is 15.7. The van der Waals surface area contributed by atoms with Gasteiger partial charge < -0.3 is 0 Å². The van der Waals surface area contributed by atoms with Gasteiger partial charge in [-0.15, -0.1) is 0 Å². The van der Waals surface area contributed by atoms with E-state index >= 15 is 0 Å². The maximum absolute atomic E-state index is 13.3. The van der Waals surface area contributed by atoms with Crippen LogP contribution in [0.5, 0.6) is 0 Å². The number of hydrogen-bond acceptors (Lipinski definition) is 0. The third-order valence-corrected chi connectivity index (χ3v) is 3.20. The second kappa shape index (κ2) is 5.14. The van der Waals surface area contributed by atoms with Gasteiger partial charge in [0.15, 0.2) is 5.67 Å². The van der Waals surface area contributed by atoms with Gasteiger partial charge >= 0.3 is 11.8 Å². The largest absolute Gasteiger partial charge is 0.350 e. The first-order valence-electron chi connectivity index (χ1n) is 5.79. The van der Waals surface area contributed by atoms with Crippen molar-refractivity contribution in [2.24, 2.45) is 0 Å². The van der Waals surface area contributed by atoms with E-state index in [2.05, 4.69) is 0 Å². The Morgan fingerprint density at radius 3 is 1.25 bits per heavy atom. The number of alkyl halides is 6. The van der Waals surface area contributed by atoms with Crippen LogP contribution in [0.4, 0.5) is 26.3 Å².